The van der Waals surface area contributed by atoms with Crippen molar-refractivity contribution in [3.8, 4) is 11.5 Å². The Labute approximate surface area is 100 Å². The van der Waals surface area contributed by atoms with Gasteiger partial charge in [0.2, 0.25) is 0 Å². The van der Waals surface area contributed by atoms with E-state index < -0.39 is 0 Å². The van der Waals surface area contributed by atoms with Crippen molar-refractivity contribution in [3.05, 3.63) is 23.8 Å². The van der Waals surface area contributed by atoms with Crippen LogP contribution < -0.4 is 15.2 Å². The van der Waals surface area contributed by atoms with E-state index in [0.717, 1.165) is 5.56 Å². The van der Waals surface area contributed by atoms with Crippen molar-refractivity contribution in [2.24, 2.45) is 0 Å². The highest BCUT2D eigenvalue weighted by Gasteiger charge is 2.17. The number of esters is 1. The minimum atomic E-state index is -0.278. The van der Waals surface area contributed by atoms with Crippen molar-refractivity contribution < 1.29 is 24.7 Å². The molecule has 0 aromatic heterocycles. The summed E-state index contributed by atoms with van der Waals surface area (Å²) in [6.45, 7) is 0. The Hall–Kier alpha value is -1.75. The van der Waals surface area contributed by atoms with E-state index in [9.17, 15) is 4.79 Å². The summed E-state index contributed by atoms with van der Waals surface area (Å²) in [5.41, 5.74) is 4.84. The lowest BCUT2D eigenvalue weighted by Gasteiger charge is -2.12. The smallest absolute Gasteiger partial charge is 0.311 e. The van der Waals surface area contributed by atoms with Gasteiger partial charge < -0.3 is 19.9 Å². The maximum Gasteiger partial charge on any atom is 0.311 e. The third-order valence-electron chi connectivity index (χ3n) is 2.52. The van der Waals surface area contributed by atoms with Gasteiger partial charge in [0.15, 0.2) is 11.5 Å². The Kier molecular flexibility index (Phi) is 4.78. The minimum Gasteiger partial charge on any atom is -0.493 e. The largest absolute Gasteiger partial charge is 0.493 e. The van der Waals surface area contributed by atoms with Crippen molar-refractivity contribution in [2.75, 3.05) is 21.3 Å². The summed E-state index contributed by atoms with van der Waals surface area (Å²) in [7, 11) is 4.51. The predicted octanol–water partition coefficient (Wildman–Crippen LogP) is 0.550. The molecule has 3 N–H and O–H groups in total. The summed E-state index contributed by atoms with van der Waals surface area (Å²) >= 11 is 0. The van der Waals surface area contributed by atoms with Crippen molar-refractivity contribution in [1.82, 2.24) is 0 Å². The van der Waals surface area contributed by atoms with Crippen LogP contribution in [0, 0.1) is 0 Å². The highest BCUT2D eigenvalue weighted by atomic mass is 16.5. The Morgan fingerprint density at radius 2 is 1.88 bits per heavy atom. The molecule has 0 fully saturated rings. The van der Waals surface area contributed by atoms with Gasteiger partial charge in [-0.3, -0.25) is 4.79 Å². The molecular formula is C12H18NO4+. The second kappa shape index (κ2) is 6.10. The Morgan fingerprint density at radius 3 is 2.41 bits per heavy atom. The SMILES string of the molecule is COC(=O)C[C@H]([NH3+])c1ccc(OC)c(OC)c1. The minimum absolute atomic E-state index is 0.165. The molecule has 0 aliphatic carbocycles. The zero-order chi connectivity index (χ0) is 12.8. The van der Waals surface area contributed by atoms with Crippen LogP contribution in [-0.4, -0.2) is 27.3 Å². The third-order valence-corrected chi connectivity index (χ3v) is 2.52. The summed E-state index contributed by atoms with van der Waals surface area (Å²) in [5.74, 6) is 1.00. The molecule has 1 aromatic carbocycles. The second-order valence-electron chi connectivity index (χ2n) is 3.59. The topological polar surface area (TPSA) is 72.4 Å². The lowest BCUT2D eigenvalue weighted by Crippen LogP contribution is -2.54. The zero-order valence-corrected chi connectivity index (χ0v) is 10.4. The second-order valence-corrected chi connectivity index (χ2v) is 3.59. The van der Waals surface area contributed by atoms with Crippen molar-refractivity contribution in [2.45, 2.75) is 12.5 Å². The number of benzene rings is 1. The molecule has 5 nitrogen and oxygen atoms in total. The summed E-state index contributed by atoms with van der Waals surface area (Å²) < 4.78 is 14.9. The van der Waals surface area contributed by atoms with Crippen LogP contribution in [0.4, 0.5) is 0 Å². The van der Waals surface area contributed by atoms with Crippen molar-refractivity contribution in [3.63, 3.8) is 0 Å². The molecule has 0 heterocycles. The quantitative estimate of drug-likeness (QED) is 0.763. The fraction of sp³-hybridized carbons (Fsp3) is 0.417. The molecule has 0 aliphatic rings. The molecule has 1 aromatic rings. The van der Waals surface area contributed by atoms with Gasteiger partial charge in [-0.25, -0.2) is 0 Å². The summed E-state index contributed by atoms with van der Waals surface area (Å²) in [4.78, 5) is 11.2. The van der Waals surface area contributed by atoms with Gasteiger partial charge in [0, 0.05) is 5.56 Å². The third kappa shape index (κ3) is 3.35. The highest BCUT2D eigenvalue weighted by molar-refractivity contribution is 5.70. The molecule has 0 saturated heterocycles. The first-order chi connectivity index (χ1) is 8.12. The molecule has 5 heteroatoms. The molecule has 0 spiro atoms. The molecule has 0 aliphatic heterocycles. The van der Waals surface area contributed by atoms with Crippen LogP contribution in [0.2, 0.25) is 0 Å². The van der Waals surface area contributed by atoms with E-state index in [-0.39, 0.29) is 18.4 Å². The number of quaternary nitrogens is 1. The number of hydrogen-bond acceptors (Lipinski definition) is 4. The number of hydrogen-bond donors (Lipinski definition) is 1. The van der Waals surface area contributed by atoms with E-state index in [1.807, 2.05) is 12.1 Å². The molecule has 17 heavy (non-hydrogen) atoms. The first-order valence-corrected chi connectivity index (χ1v) is 5.24. The fourth-order valence-corrected chi connectivity index (χ4v) is 1.51. The lowest BCUT2D eigenvalue weighted by atomic mass is 10.0. The van der Waals surface area contributed by atoms with Crippen LogP contribution in [0.1, 0.15) is 18.0 Å². The molecule has 0 saturated carbocycles. The maximum absolute atomic E-state index is 11.2. The first-order valence-electron chi connectivity index (χ1n) is 5.24. The van der Waals surface area contributed by atoms with E-state index in [2.05, 4.69) is 10.5 Å². The molecule has 0 bridgehead atoms. The monoisotopic (exact) mass is 240 g/mol. The Morgan fingerprint density at radius 1 is 1.24 bits per heavy atom. The zero-order valence-electron chi connectivity index (χ0n) is 10.4. The molecule has 0 amide bonds. The van der Waals surface area contributed by atoms with Gasteiger partial charge in [-0.05, 0) is 18.2 Å². The number of ether oxygens (including phenoxy) is 3. The number of carbonyl (C=O) groups excluding carboxylic acids is 1. The summed E-state index contributed by atoms with van der Waals surface area (Å²) in [5, 5.41) is 0. The lowest BCUT2D eigenvalue weighted by molar-refractivity contribution is -0.425. The average molecular weight is 240 g/mol. The summed E-state index contributed by atoms with van der Waals surface area (Å²) in [6, 6.07) is 5.31. The van der Waals surface area contributed by atoms with Gasteiger partial charge in [0.25, 0.3) is 0 Å². The summed E-state index contributed by atoms with van der Waals surface area (Å²) in [6.07, 6.45) is 0.242. The maximum atomic E-state index is 11.2. The normalized spacial score (nSPS) is 11.8. The van der Waals surface area contributed by atoms with Crippen molar-refractivity contribution >= 4 is 5.97 Å². The standard InChI is InChI=1S/C12H17NO4/c1-15-10-5-4-8(6-11(10)16-2)9(13)7-12(14)17-3/h4-6,9H,7,13H2,1-3H3/p+1/t9-/m0/s1. The van der Waals surface area contributed by atoms with Gasteiger partial charge in [0.05, 0.1) is 21.3 Å². The van der Waals surface area contributed by atoms with Crippen LogP contribution >= 0.6 is 0 Å². The number of methoxy groups -OCH3 is 3. The highest BCUT2D eigenvalue weighted by Crippen LogP contribution is 2.29. The van der Waals surface area contributed by atoms with Crippen LogP contribution in [0.3, 0.4) is 0 Å². The van der Waals surface area contributed by atoms with Crippen molar-refractivity contribution in [1.29, 1.82) is 0 Å². The fourth-order valence-electron chi connectivity index (χ4n) is 1.51. The van der Waals surface area contributed by atoms with Gasteiger partial charge in [-0.1, -0.05) is 0 Å². The van der Waals surface area contributed by atoms with Gasteiger partial charge >= 0.3 is 5.97 Å². The number of rotatable bonds is 5. The first kappa shape index (κ1) is 13.3. The van der Waals surface area contributed by atoms with E-state index in [4.69, 9.17) is 9.47 Å². The van der Waals surface area contributed by atoms with E-state index in [1.165, 1.54) is 7.11 Å². The van der Waals surface area contributed by atoms with Gasteiger partial charge in [-0.15, -0.1) is 0 Å². The van der Waals surface area contributed by atoms with E-state index in [0.29, 0.717) is 11.5 Å². The molecule has 1 rings (SSSR count). The van der Waals surface area contributed by atoms with Crippen LogP contribution in [-0.2, 0) is 9.53 Å². The molecule has 0 radical (unpaired) electrons. The molecule has 1 atom stereocenters. The van der Waals surface area contributed by atoms with Crippen LogP contribution in [0.5, 0.6) is 11.5 Å². The van der Waals surface area contributed by atoms with E-state index >= 15 is 0 Å². The number of carbonyl (C=O) groups is 1. The molecule has 94 valence electrons. The van der Waals surface area contributed by atoms with Gasteiger partial charge in [-0.2, -0.15) is 0 Å². The average Bonchev–Trinajstić information content (AvgIpc) is 2.37. The van der Waals surface area contributed by atoms with Crippen LogP contribution in [0.15, 0.2) is 18.2 Å². The predicted molar refractivity (Wildman–Crippen MR) is 61.8 cm³/mol. The van der Waals surface area contributed by atoms with Gasteiger partial charge in [0.1, 0.15) is 12.5 Å². The van der Waals surface area contributed by atoms with E-state index in [1.54, 1.807) is 20.3 Å². The molecular weight excluding hydrogens is 222 g/mol. The Balaban J connectivity index is 2.87. The molecule has 0 unspecified atom stereocenters. The van der Waals surface area contributed by atoms with Crippen LogP contribution in [0.25, 0.3) is 0 Å². The Bertz CT molecular complexity index is 392.